The molecule has 2 aromatic carbocycles. The van der Waals surface area contributed by atoms with E-state index in [1.54, 1.807) is 0 Å². The first-order valence-electron chi connectivity index (χ1n) is 16.6. The van der Waals surface area contributed by atoms with Crippen molar-refractivity contribution in [2.45, 2.75) is 113 Å². The van der Waals surface area contributed by atoms with E-state index in [1.807, 2.05) is 27.7 Å². The third kappa shape index (κ3) is 7.12. The zero-order chi connectivity index (χ0) is 32.8. The molecule has 0 radical (unpaired) electrons. The molecule has 0 aliphatic carbocycles. The molecule has 45 heavy (non-hydrogen) atoms. The summed E-state index contributed by atoms with van der Waals surface area (Å²) in [5.74, 6) is -0.980. The first kappa shape index (κ1) is 33.2. The summed E-state index contributed by atoms with van der Waals surface area (Å²) in [5, 5.41) is 10.5. The minimum absolute atomic E-state index is 0.258. The lowest BCUT2D eigenvalue weighted by Crippen LogP contribution is -2.39. The van der Waals surface area contributed by atoms with Crippen molar-refractivity contribution in [3.63, 3.8) is 0 Å². The van der Waals surface area contributed by atoms with Gasteiger partial charge in [0.1, 0.15) is 0 Å². The van der Waals surface area contributed by atoms with Gasteiger partial charge in [-0.25, -0.2) is 4.79 Å². The first-order chi connectivity index (χ1) is 21.0. The summed E-state index contributed by atoms with van der Waals surface area (Å²) in [6, 6.07) is 14.0. The molecule has 6 nitrogen and oxygen atoms in total. The number of nitrogens with zero attached hydrogens (tertiary/aromatic N) is 3. The molecule has 1 saturated heterocycles. The van der Waals surface area contributed by atoms with Crippen molar-refractivity contribution in [3.8, 4) is 11.1 Å². The van der Waals surface area contributed by atoms with Crippen molar-refractivity contribution in [3.05, 3.63) is 81.2 Å². The van der Waals surface area contributed by atoms with Crippen LogP contribution >= 0.6 is 0 Å². The Morgan fingerprint density at radius 3 is 2.24 bits per heavy atom. The highest BCUT2D eigenvalue weighted by Crippen LogP contribution is 2.45. The number of carbonyl (C=O) groups is 1. The number of ether oxygens (including phenoxy) is 1. The van der Waals surface area contributed by atoms with Crippen LogP contribution in [0.3, 0.4) is 0 Å². The molecule has 0 spiro atoms. The number of rotatable bonds is 7. The molecule has 0 amide bonds. The number of pyridine rings is 1. The fraction of sp³-hybridized carbons (Fsp3) is 0.538. The molecule has 1 fully saturated rings. The van der Waals surface area contributed by atoms with Gasteiger partial charge in [-0.15, -0.1) is 0 Å². The largest absolute Gasteiger partial charge is 0.479 e. The lowest BCUT2D eigenvalue weighted by atomic mass is 9.81. The lowest BCUT2D eigenvalue weighted by Gasteiger charge is -2.41. The molecule has 0 saturated carbocycles. The highest BCUT2D eigenvalue weighted by molar-refractivity contribution is 5.88. The van der Waals surface area contributed by atoms with E-state index in [0.29, 0.717) is 11.6 Å². The molecule has 2 atom stereocenters. The van der Waals surface area contributed by atoms with Crippen molar-refractivity contribution in [2.75, 3.05) is 24.5 Å². The summed E-state index contributed by atoms with van der Waals surface area (Å²) in [6.07, 6.45) is 1.95. The molecule has 1 unspecified atom stereocenters. The van der Waals surface area contributed by atoms with Crippen LogP contribution in [0.2, 0.25) is 0 Å². The Kier molecular flexibility index (Phi) is 9.23. The van der Waals surface area contributed by atoms with Crippen molar-refractivity contribution >= 4 is 11.7 Å². The second-order valence-electron chi connectivity index (χ2n) is 15.2. The Balaban J connectivity index is 1.57. The van der Waals surface area contributed by atoms with Crippen LogP contribution in [0.4, 0.5) is 5.69 Å². The third-order valence-electron chi connectivity index (χ3n) is 10.1. The lowest BCUT2D eigenvalue weighted by molar-refractivity contribution is -0.160. The van der Waals surface area contributed by atoms with Gasteiger partial charge in [-0.2, -0.15) is 0 Å². The van der Waals surface area contributed by atoms with Gasteiger partial charge >= 0.3 is 5.97 Å². The molecular formula is C39H53N3O3. The van der Waals surface area contributed by atoms with E-state index >= 15 is 0 Å². The van der Waals surface area contributed by atoms with Crippen molar-refractivity contribution in [2.24, 2.45) is 5.41 Å². The van der Waals surface area contributed by atoms with Crippen LogP contribution in [0.5, 0.6) is 0 Å². The van der Waals surface area contributed by atoms with Crippen LogP contribution in [0, 0.1) is 33.1 Å². The topological polar surface area (TPSA) is 65.9 Å². The second-order valence-corrected chi connectivity index (χ2v) is 15.2. The van der Waals surface area contributed by atoms with Crippen molar-refractivity contribution in [1.29, 1.82) is 0 Å². The summed E-state index contributed by atoms with van der Waals surface area (Å²) in [5.41, 5.74) is 11.9. The number of aromatic nitrogens is 1. The smallest absolute Gasteiger partial charge is 0.337 e. The fourth-order valence-electron chi connectivity index (χ4n) is 7.05. The van der Waals surface area contributed by atoms with E-state index in [4.69, 9.17) is 9.72 Å². The molecule has 1 aromatic heterocycles. The number of hydrogen-bond donors (Lipinski definition) is 1. The van der Waals surface area contributed by atoms with Crippen LogP contribution < -0.4 is 4.90 Å². The van der Waals surface area contributed by atoms with Gasteiger partial charge in [0.25, 0.3) is 0 Å². The monoisotopic (exact) mass is 611 g/mol. The summed E-state index contributed by atoms with van der Waals surface area (Å²) in [4.78, 5) is 22.8. The molecule has 2 aliphatic rings. The predicted molar refractivity (Wildman–Crippen MR) is 184 cm³/mol. The molecule has 0 bridgehead atoms. The van der Waals surface area contributed by atoms with Gasteiger partial charge in [0.05, 0.1) is 11.3 Å². The minimum Gasteiger partial charge on any atom is -0.479 e. The molecule has 3 aromatic rings. The Hall–Kier alpha value is -3.22. The number of aliphatic carboxylic acids is 1. The van der Waals surface area contributed by atoms with Crippen LogP contribution in [0.1, 0.15) is 111 Å². The number of fused-ring (bicyclic) bond motifs is 1. The number of carboxylic acids is 1. The Bertz CT molecular complexity index is 1580. The van der Waals surface area contributed by atoms with E-state index in [0.717, 1.165) is 73.6 Å². The Morgan fingerprint density at radius 2 is 1.62 bits per heavy atom. The summed E-state index contributed by atoms with van der Waals surface area (Å²) in [6.45, 7) is 24.7. The highest BCUT2D eigenvalue weighted by atomic mass is 16.5. The molecule has 2 aliphatic heterocycles. The SMILES string of the molecule is Cc1ccc(C(C)N2CCc3cc(-c4c(C)nc(C)c([C@H](OC(C)(C)C)C(=O)O)c4N4CCC(C)(C)CC4)ccc3C2)cc1C. The average Bonchev–Trinajstić information content (AvgIpc) is 2.96. The number of anilines is 1. The number of aryl methyl sites for hydroxylation is 4. The highest BCUT2D eigenvalue weighted by Gasteiger charge is 2.36. The second kappa shape index (κ2) is 12.5. The van der Waals surface area contributed by atoms with Crippen LogP contribution in [0.15, 0.2) is 36.4 Å². The maximum atomic E-state index is 12.8. The normalized spacial score (nSPS) is 18.4. The van der Waals surface area contributed by atoms with Gasteiger partial charge in [0.15, 0.2) is 6.10 Å². The maximum absolute atomic E-state index is 12.8. The van der Waals surface area contributed by atoms with Crippen LogP contribution in [0.25, 0.3) is 11.1 Å². The minimum atomic E-state index is -1.11. The van der Waals surface area contributed by atoms with Crippen LogP contribution in [-0.2, 0) is 22.5 Å². The number of hydrogen-bond acceptors (Lipinski definition) is 5. The molecule has 5 rings (SSSR count). The first-order valence-corrected chi connectivity index (χ1v) is 16.6. The van der Waals surface area contributed by atoms with E-state index in [2.05, 4.69) is 87.7 Å². The molecule has 6 heteroatoms. The van der Waals surface area contributed by atoms with E-state index in [9.17, 15) is 9.90 Å². The Labute approximate surface area is 270 Å². The van der Waals surface area contributed by atoms with Gasteiger partial charge in [0, 0.05) is 54.7 Å². The van der Waals surface area contributed by atoms with Crippen molar-refractivity contribution in [1.82, 2.24) is 9.88 Å². The predicted octanol–water partition coefficient (Wildman–Crippen LogP) is 8.67. The van der Waals surface area contributed by atoms with E-state index in [-0.39, 0.29) is 5.41 Å². The van der Waals surface area contributed by atoms with E-state index in [1.165, 1.54) is 27.8 Å². The van der Waals surface area contributed by atoms with Gasteiger partial charge in [-0.05, 0) is 113 Å². The fourth-order valence-corrected chi connectivity index (χ4v) is 7.05. The summed E-state index contributed by atoms with van der Waals surface area (Å²) < 4.78 is 6.27. The van der Waals surface area contributed by atoms with Gasteiger partial charge in [-0.3, -0.25) is 9.88 Å². The zero-order valence-electron chi connectivity index (χ0n) is 29.2. The van der Waals surface area contributed by atoms with Gasteiger partial charge < -0.3 is 14.7 Å². The molecule has 242 valence electrons. The van der Waals surface area contributed by atoms with E-state index < -0.39 is 17.7 Å². The quantitative estimate of drug-likeness (QED) is 0.288. The molecule has 1 N–H and O–H groups in total. The standard InChI is InChI=1S/C39H53N3O3/c1-24-11-12-29(21-25(24)2)28(5)42-18-15-30-22-31(13-14-32(30)23-42)33-26(3)40-27(4)34(36(37(43)44)45-38(6,7)8)35(33)41-19-16-39(9,10)17-20-41/h11-14,21-22,28,36H,15-20,23H2,1-10H3,(H,43,44)/t28?,36-/m0/s1. The van der Waals surface area contributed by atoms with Crippen LogP contribution in [-0.4, -0.2) is 46.2 Å². The van der Waals surface area contributed by atoms with Crippen molar-refractivity contribution < 1.29 is 14.6 Å². The van der Waals surface area contributed by atoms with Gasteiger partial charge in [-0.1, -0.05) is 50.2 Å². The summed E-state index contributed by atoms with van der Waals surface area (Å²) >= 11 is 0. The number of piperidine rings is 1. The molecular weight excluding hydrogens is 558 g/mol. The average molecular weight is 612 g/mol. The molecule has 3 heterocycles. The zero-order valence-corrected chi connectivity index (χ0v) is 29.2. The third-order valence-corrected chi connectivity index (χ3v) is 10.1. The maximum Gasteiger partial charge on any atom is 0.337 e. The summed E-state index contributed by atoms with van der Waals surface area (Å²) in [7, 11) is 0. The van der Waals surface area contributed by atoms with Gasteiger partial charge in [0.2, 0.25) is 0 Å². The number of benzene rings is 2. The Morgan fingerprint density at radius 1 is 0.933 bits per heavy atom. The number of carboxylic acid groups (broad SMARTS) is 1.